The molecule has 1 saturated heterocycles. The number of aromatic nitrogens is 3. The molecule has 0 aliphatic carbocycles. The summed E-state index contributed by atoms with van der Waals surface area (Å²) in [6.07, 6.45) is 3.71. The number of amides is 1. The van der Waals surface area contributed by atoms with Crippen molar-refractivity contribution in [3.63, 3.8) is 0 Å². The van der Waals surface area contributed by atoms with Crippen LogP contribution in [0.2, 0.25) is 0 Å². The van der Waals surface area contributed by atoms with Crippen LogP contribution < -0.4 is 9.64 Å². The van der Waals surface area contributed by atoms with Crippen molar-refractivity contribution in [3.05, 3.63) is 54.6 Å². The van der Waals surface area contributed by atoms with Gasteiger partial charge in [0.2, 0.25) is 5.91 Å². The number of benzene rings is 1. The smallest absolute Gasteiger partial charge is 0.258 e. The summed E-state index contributed by atoms with van der Waals surface area (Å²) < 4.78 is 10.8. The van der Waals surface area contributed by atoms with Gasteiger partial charge in [-0.1, -0.05) is 5.16 Å². The first kappa shape index (κ1) is 16.3. The molecule has 0 saturated carbocycles. The molecule has 4 rings (SSSR count). The summed E-state index contributed by atoms with van der Waals surface area (Å²) in [5, 5.41) is 4.07. The van der Waals surface area contributed by atoms with E-state index < -0.39 is 0 Å². The summed E-state index contributed by atoms with van der Waals surface area (Å²) in [4.78, 5) is 22.6. The van der Waals surface area contributed by atoms with Crippen LogP contribution in [-0.4, -0.2) is 34.2 Å². The number of anilines is 1. The summed E-state index contributed by atoms with van der Waals surface area (Å²) in [7, 11) is 0. The molecule has 3 aromatic rings. The highest BCUT2D eigenvalue weighted by Crippen LogP contribution is 2.32. The highest BCUT2D eigenvalue weighted by atomic mass is 16.5. The summed E-state index contributed by atoms with van der Waals surface area (Å²) in [5.41, 5.74) is 1.66. The second kappa shape index (κ2) is 6.95. The van der Waals surface area contributed by atoms with E-state index in [-0.39, 0.29) is 11.8 Å². The van der Waals surface area contributed by atoms with E-state index in [4.69, 9.17) is 9.26 Å². The van der Waals surface area contributed by atoms with Crippen LogP contribution in [0.25, 0.3) is 11.5 Å². The van der Waals surface area contributed by atoms with Gasteiger partial charge in [-0.05, 0) is 43.3 Å². The molecule has 0 N–H and O–H groups in total. The lowest BCUT2D eigenvalue weighted by Crippen LogP contribution is -2.24. The standard InChI is InChI=1S/C19H18N4O3/c1-2-25-16-5-3-15(4-6-16)23-12-14(11-17(23)24)18-21-19(26-22-18)13-7-9-20-10-8-13/h3-10,14H,2,11-12H2,1H3. The summed E-state index contributed by atoms with van der Waals surface area (Å²) in [6.45, 7) is 3.08. The first-order valence-corrected chi connectivity index (χ1v) is 8.52. The van der Waals surface area contributed by atoms with E-state index in [2.05, 4.69) is 15.1 Å². The van der Waals surface area contributed by atoms with E-state index in [9.17, 15) is 4.79 Å². The molecule has 2 aromatic heterocycles. The maximum atomic E-state index is 12.4. The van der Waals surface area contributed by atoms with Gasteiger partial charge in [-0.15, -0.1) is 0 Å². The van der Waals surface area contributed by atoms with E-state index >= 15 is 0 Å². The molecule has 1 aromatic carbocycles. The van der Waals surface area contributed by atoms with Crippen molar-refractivity contribution in [2.75, 3.05) is 18.1 Å². The number of rotatable bonds is 5. The number of nitrogens with zero attached hydrogens (tertiary/aromatic N) is 4. The number of carbonyl (C=O) groups excluding carboxylic acids is 1. The number of carbonyl (C=O) groups is 1. The average molecular weight is 350 g/mol. The highest BCUT2D eigenvalue weighted by molar-refractivity contribution is 5.96. The van der Waals surface area contributed by atoms with Gasteiger partial charge in [0.05, 0.1) is 6.61 Å². The Morgan fingerprint density at radius 3 is 2.69 bits per heavy atom. The van der Waals surface area contributed by atoms with Gasteiger partial charge >= 0.3 is 0 Å². The third-order valence-corrected chi connectivity index (χ3v) is 4.32. The molecular formula is C19H18N4O3. The zero-order chi connectivity index (χ0) is 17.9. The molecule has 1 fully saturated rings. The Kier molecular flexibility index (Phi) is 4.35. The number of pyridine rings is 1. The molecule has 132 valence electrons. The Labute approximate surface area is 150 Å². The van der Waals surface area contributed by atoms with Crippen LogP contribution in [0, 0.1) is 0 Å². The van der Waals surface area contributed by atoms with Gasteiger partial charge in [-0.3, -0.25) is 9.78 Å². The lowest BCUT2D eigenvalue weighted by Gasteiger charge is -2.16. The molecule has 1 aliphatic heterocycles. The van der Waals surface area contributed by atoms with Crippen LogP contribution in [0.5, 0.6) is 5.75 Å². The van der Waals surface area contributed by atoms with Gasteiger partial charge in [0.25, 0.3) is 5.89 Å². The fraction of sp³-hybridized carbons (Fsp3) is 0.263. The molecule has 3 heterocycles. The molecule has 1 amide bonds. The third-order valence-electron chi connectivity index (χ3n) is 4.32. The third kappa shape index (κ3) is 3.15. The Bertz CT molecular complexity index is 893. The summed E-state index contributed by atoms with van der Waals surface area (Å²) in [5.74, 6) is 1.75. The molecule has 26 heavy (non-hydrogen) atoms. The first-order chi connectivity index (χ1) is 12.7. The maximum Gasteiger partial charge on any atom is 0.258 e. The Morgan fingerprint density at radius 2 is 1.96 bits per heavy atom. The quantitative estimate of drug-likeness (QED) is 0.703. The Morgan fingerprint density at radius 1 is 1.19 bits per heavy atom. The molecule has 0 spiro atoms. The lowest BCUT2D eigenvalue weighted by molar-refractivity contribution is -0.117. The van der Waals surface area contributed by atoms with E-state index in [1.807, 2.05) is 43.3 Å². The van der Waals surface area contributed by atoms with Gasteiger partial charge in [0, 0.05) is 42.5 Å². The fourth-order valence-electron chi connectivity index (χ4n) is 3.03. The van der Waals surface area contributed by atoms with E-state index in [0.29, 0.717) is 31.3 Å². The number of hydrogen-bond donors (Lipinski definition) is 0. The normalized spacial score (nSPS) is 16.9. The number of hydrogen-bond acceptors (Lipinski definition) is 6. The van der Waals surface area contributed by atoms with Crippen molar-refractivity contribution in [2.24, 2.45) is 0 Å². The van der Waals surface area contributed by atoms with E-state index in [1.165, 1.54) is 0 Å². The van der Waals surface area contributed by atoms with Crippen molar-refractivity contribution >= 4 is 11.6 Å². The predicted molar refractivity (Wildman–Crippen MR) is 94.9 cm³/mol. The van der Waals surface area contributed by atoms with Gasteiger partial charge < -0.3 is 14.2 Å². The van der Waals surface area contributed by atoms with Gasteiger partial charge in [-0.2, -0.15) is 4.98 Å². The maximum absolute atomic E-state index is 12.4. The SMILES string of the molecule is CCOc1ccc(N2CC(c3noc(-c4ccncc4)n3)CC2=O)cc1. The average Bonchev–Trinajstić information content (AvgIpc) is 3.30. The van der Waals surface area contributed by atoms with Crippen molar-refractivity contribution in [2.45, 2.75) is 19.3 Å². The highest BCUT2D eigenvalue weighted by Gasteiger charge is 2.34. The van der Waals surface area contributed by atoms with Crippen LogP contribution in [0.15, 0.2) is 53.3 Å². The van der Waals surface area contributed by atoms with Crippen molar-refractivity contribution in [1.29, 1.82) is 0 Å². The summed E-state index contributed by atoms with van der Waals surface area (Å²) in [6, 6.07) is 11.1. The molecule has 1 unspecified atom stereocenters. The minimum Gasteiger partial charge on any atom is -0.494 e. The van der Waals surface area contributed by atoms with Crippen molar-refractivity contribution < 1.29 is 14.1 Å². The van der Waals surface area contributed by atoms with Crippen LogP contribution in [0.4, 0.5) is 5.69 Å². The predicted octanol–water partition coefficient (Wildman–Crippen LogP) is 3.05. The van der Waals surface area contributed by atoms with E-state index in [1.54, 1.807) is 17.3 Å². The topological polar surface area (TPSA) is 81.3 Å². The second-order valence-corrected chi connectivity index (χ2v) is 6.03. The molecule has 0 bridgehead atoms. The van der Waals surface area contributed by atoms with Crippen LogP contribution in [0.3, 0.4) is 0 Å². The Balaban J connectivity index is 1.50. The van der Waals surface area contributed by atoms with Crippen molar-refractivity contribution in [3.8, 4) is 17.2 Å². The molecular weight excluding hydrogens is 332 g/mol. The zero-order valence-electron chi connectivity index (χ0n) is 14.3. The van der Waals surface area contributed by atoms with E-state index in [0.717, 1.165) is 17.0 Å². The number of ether oxygens (including phenoxy) is 1. The van der Waals surface area contributed by atoms with Crippen LogP contribution in [0.1, 0.15) is 25.1 Å². The lowest BCUT2D eigenvalue weighted by atomic mass is 10.1. The molecule has 0 radical (unpaired) electrons. The largest absolute Gasteiger partial charge is 0.494 e. The Hall–Kier alpha value is -3.22. The molecule has 1 atom stereocenters. The monoisotopic (exact) mass is 350 g/mol. The zero-order valence-corrected chi connectivity index (χ0v) is 14.3. The summed E-state index contributed by atoms with van der Waals surface area (Å²) >= 11 is 0. The van der Waals surface area contributed by atoms with Crippen LogP contribution >= 0.6 is 0 Å². The second-order valence-electron chi connectivity index (χ2n) is 6.03. The first-order valence-electron chi connectivity index (χ1n) is 8.52. The minimum atomic E-state index is -0.0894. The van der Waals surface area contributed by atoms with Gasteiger partial charge in [0.15, 0.2) is 5.82 Å². The molecule has 7 heteroatoms. The van der Waals surface area contributed by atoms with Crippen LogP contribution in [-0.2, 0) is 4.79 Å². The van der Waals surface area contributed by atoms with Gasteiger partial charge in [0.1, 0.15) is 5.75 Å². The molecule has 7 nitrogen and oxygen atoms in total. The van der Waals surface area contributed by atoms with Crippen molar-refractivity contribution in [1.82, 2.24) is 15.1 Å². The molecule has 1 aliphatic rings. The fourth-order valence-corrected chi connectivity index (χ4v) is 3.03. The minimum absolute atomic E-state index is 0.0504. The van der Waals surface area contributed by atoms with Gasteiger partial charge in [-0.25, -0.2) is 0 Å².